The Morgan fingerprint density at radius 1 is 1.11 bits per heavy atom. The molecule has 0 saturated carbocycles. The van der Waals surface area contributed by atoms with Crippen LogP contribution in [0.25, 0.3) is 16.7 Å². The van der Waals surface area contributed by atoms with Crippen molar-refractivity contribution in [1.82, 2.24) is 4.57 Å². The van der Waals surface area contributed by atoms with E-state index in [1.807, 2.05) is 0 Å². The molecule has 142 valence electrons. The van der Waals surface area contributed by atoms with E-state index < -0.39 is 28.8 Å². The van der Waals surface area contributed by atoms with Gasteiger partial charge >= 0.3 is 5.97 Å². The van der Waals surface area contributed by atoms with Crippen molar-refractivity contribution in [1.29, 1.82) is 0 Å². The number of fused-ring (bicyclic) bond motifs is 1. The number of hydrogen-bond acceptors (Lipinski definition) is 4. The minimum atomic E-state index is -1.78. The van der Waals surface area contributed by atoms with Crippen molar-refractivity contribution in [2.24, 2.45) is 0 Å². The SMILES string of the molecule is O=C(O)C(=O)/C=C(\O)c1cn(Cc2ccccc2F)c2c(Cl)cccc2c1=O. The van der Waals surface area contributed by atoms with Crippen LogP contribution in [0.5, 0.6) is 0 Å². The van der Waals surface area contributed by atoms with E-state index in [-0.39, 0.29) is 22.5 Å². The Morgan fingerprint density at radius 2 is 1.82 bits per heavy atom. The molecular weight excluding hydrogens is 389 g/mol. The second kappa shape index (κ2) is 7.66. The quantitative estimate of drug-likeness (QED) is 0.388. The fourth-order valence-electron chi connectivity index (χ4n) is 2.80. The van der Waals surface area contributed by atoms with Gasteiger partial charge in [-0.3, -0.25) is 9.59 Å². The number of aliphatic hydroxyl groups is 1. The van der Waals surface area contributed by atoms with E-state index in [1.54, 1.807) is 18.2 Å². The molecule has 2 aromatic carbocycles. The topological polar surface area (TPSA) is 96.6 Å². The van der Waals surface area contributed by atoms with Crippen LogP contribution in [0.3, 0.4) is 0 Å². The van der Waals surface area contributed by atoms with Crippen LogP contribution in [0.2, 0.25) is 5.02 Å². The molecule has 3 aromatic rings. The van der Waals surface area contributed by atoms with E-state index in [9.17, 15) is 23.9 Å². The number of aliphatic carboxylic acids is 1. The van der Waals surface area contributed by atoms with Crippen molar-refractivity contribution in [2.45, 2.75) is 6.54 Å². The van der Waals surface area contributed by atoms with Gasteiger partial charge in [-0.25, -0.2) is 9.18 Å². The third-order valence-electron chi connectivity index (χ3n) is 4.10. The van der Waals surface area contributed by atoms with E-state index in [2.05, 4.69) is 0 Å². The highest BCUT2D eigenvalue weighted by Crippen LogP contribution is 2.24. The molecule has 0 saturated heterocycles. The minimum Gasteiger partial charge on any atom is -0.507 e. The van der Waals surface area contributed by atoms with E-state index in [4.69, 9.17) is 16.7 Å². The number of ketones is 1. The van der Waals surface area contributed by atoms with Gasteiger partial charge in [0.1, 0.15) is 11.6 Å². The van der Waals surface area contributed by atoms with Crippen LogP contribution in [0.1, 0.15) is 11.1 Å². The monoisotopic (exact) mass is 401 g/mol. The second-order valence-electron chi connectivity index (χ2n) is 5.93. The maximum absolute atomic E-state index is 14.1. The lowest BCUT2D eigenvalue weighted by Gasteiger charge is -2.15. The zero-order valence-electron chi connectivity index (χ0n) is 14.2. The average Bonchev–Trinajstić information content (AvgIpc) is 2.65. The highest BCUT2D eigenvalue weighted by atomic mass is 35.5. The molecular formula is C20H13ClFNO5. The smallest absolute Gasteiger partial charge is 0.376 e. The molecule has 8 heteroatoms. The molecule has 0 unspecified atom stereocenters. The van der Waals surface area contributed by atoms with Crippen molar-refractivity contribution < 1.29 is 24.2 Å². The molecule has 3 rings (SSSR count). The number of aliphatic hydroxyl groups excluding tert-OH is 1. The summed E-state index contributed by atoms with van der Waals surface area (Å²) >= 11 is 6.24. The first kappa shape index (κ1) is 19.3. The second-order valence-corrected chi connectivity index (χ2v) is 6.33. The van der Waals surface area contributed by atoms with E-state index in [0.29, 0.717) is 17.2 Å². The molecule has 0 radical (unpaired) electrons. The number of aromatic nitrogens is 1. The maximum atomic E-state index is 14.1. The summed E-state index contributed by atoms with van der Waals surface area (Å²) in [6, 6.07) is 10.6. The van der Waals surface area contributed by atoms with Gasteiger partial charge < -0.3 is 14.8 Å². The van der Waals surface area contributed by atoms with E-state index in [1.165, 1.54) is 35.0 Å². The van der Waals surface area contributed by atoms with Gasteiger partial charge in [0.2, 0.25) is 0 Å². The molecule has 1 heterocycles. The molecule has 0 spiro atoms. The Balaban J connectivity index is 2.26. The normalized spacial score (nSPS) is 11.6. The van der Waals surface area contributed by atoms with Crippen LogP contribution in [-0.2, 0) is 16.1 Å². The van der Waals surface area contributed by atoms with Gasteiger partial charge in [-0.2, -0.15) is 0 Å². The number of benzene rings is 2. The molecule has 0 atom stereocenters. The fourth-order valence-corrected chi connectivity index (χ4v) is 3.08. The van der Waals surface area contributed by atoms with Crippen LogP contribution >= 0.6 is 11.6 Å². The third-order valence-corrected chi connectivity index (χ3v) is 4.41. The number of carbonyl (C=O) groups excluding carboxylic acids is 1. The Labute approximate surface area is 162 Å². The molecule has 0 amide bonds. The van der Waals surface area contributed by atoms with Gasteiger partial charge in [0.15, 0.2) is 5.43 Å². The largest absolute Gasteiger partial charge is 0.507 e. The number of hydrogen-bond donors (Lipinski definition) is 2. The Bertz CT molecular complexity index is 1200. The summed E-state index contributed by atoms with van der Waals surface area (Å²) in [7, 11) is 0. The predicted octanol–water partition coefficient (Wildman–Crippen LogP) is 3.39. The first-order valence-electron chi connectivity index (χ1n) is 8.03. The molecule has 0 aliphatic rings. The first-order chi connectivity index (χ1) is 13.3. The standard InChI is InChI=1S/C20H13ClFNO5/c21-14-6-3-5-12-18(14)23(9-11-4-1-2-7-15(11)22)10-13(19(12)26)16(24)8-17(25)20(27)28/h1-8,10,24H,9H2,(H,27,28)/b16-8-. The number of rotatable bonds is 5. The zero-order chi connectivity index (χ0) is 20.4. The summed E-state index contributed by atoms with van der Waals surface area (Å²) in [5.74, 6) is -4.43. The number of halogens is 2. The van der Waals surface area contributed by atoms with Crippen LogP contribution in [0, 0.1) is 5.82 Å². The Hall–Kier alpha value is -3.45. The molecule has 2 N–H and O–H groups in total. The van der Waals surface area contributed by atoms with Crippen molar-refractivity contribution in [3.8, 4) is 0 Å². The van der Waals surface area contributed by atoms with Crippen molar-refractivity contribution in [2.75, 3.05) is 0 Å². The lowest BCUT2D eigenvalue weighted by atomic mass is 10.1. The van der Waals surface area contributed by atoms with Crippen LogP contribution in [0.15, 0.2) is 59.5 Å². The summed E-state index contributed by atoms with van der Waals surface area (Å²) in [5, 5.41) is 19.2. The highest BCUT2D eigenvalue weighted by Gasteiger charge is 2.17. The minimum absolute atomic E-state index is 0.0135. The number of carbonyl (C=O) groups is 2. The summed E-state index contributed by atoms with van der Waals surface area (Å²) in [6.45, 7) is -0.0135. The van der Waals surface area contributed by atoms with Crippen molar-refractivity contribution in [3.05, 3.63) is 86.9 Å². The molecule has 1 aromatic heterocycles. The number of carboxylic acids is 1. The van der Waals surface area contributed by atoms with Crippen LogP contribution in [-0.4, -0.2) is 26.5 Å². The van der Waals surface area contributed by atoms with Gasteiger partial charge in [-0.05, 0) is 18.2 Å². The molecule has 0 fully saturated rings. The van der Waals surface area contributed by atoms with Crippen LogP contribution in [0.4, 0.5) is 4.39 Å². The average molecular weight is 402 g/mol. The number of carboxylic acid groups (broad SMARTS) is 1. The summed E-state index contributed by atoms with van der Waals surface area (Å²) in [4.78, 5) is 34.8. The fraction of sp³-hybridized carbons (Fsp3) is 0.0500. The van der Waals surface area contributed by atoms with E-state index >= 15 is 0 Å². The molecule has 28 heavy (non-hydrogen) atoms. The van der Waals surface area contributed by atoms with Gasteiger partial charge in [0.05, 0.1) is 22.6 Å². The summed E-state index contributed by atoms with van der Waals surface area (Å²) in [6.07, 6.45) is 1.66. The molecule has 0 aliphatic heterocycles. The first-order valence-corrected chi connectivity index (χ1v) is 8.40. The van der Waals surface area contributed by atoms with Gasteiger partial charge in [0.25, 0.3) is 5.78 Å². The van der Waals surface area contributed by atoms with Gasteiger partial charge in [-0.1, -0.05) is 35.9 Å². The number of pyridine rings is 1. The lowest BCUT2D eigenvalue weighted by Crippen LogP contribution is -2.17. The predicted molar refractivity (Wildman–Crippen MR) is 102 cm³/mol. The van der Waals surface area contributed by atoms with E-state index in [0.717, 1.165) is 0 Å². The molecule has 0 bridgehead atoms. The maximum Gasteiger partial charge on any atom is 0.376 e. The lowest BCUT2D eigenvalue weighted by molar-refractivity contribution is -0.146. The number of nitrogens with zero attached hydrogens (tertiary/aromatic N) is 1. The Kier molecular flexibility index (Phi) is 5.28. The van der Waals surface area contributed by atoms with Crippen molar-refractivity contribution in [3.63, 3.8) is 0 Å². The molecule has 0 aliphatic carbocycles. The zero-order valence-corrected chi connectivity index (χ0v) is 15.0. The summed E-state index contributed by atoms with van der Waals surface area (Å²) in [5.41, 5.74) is -0.322. The van der Waals surface area contributed by atoms with Gasteiger partial charge in [-0.15, -0.1) is 0 Å². The highest BCUT2D eigenvalue weighted by molar-refractivity contribution is 6.38. The third kappa shape index (κ3) is 3.65. The Morgan fingerprint density at radius 3 is 2.50 bits per heavy atom. The van der Waals surface area contributed by atoms with Crippen LogP contribution < -0.4 is 5.43 Å². The van der Waals surface area contributed by atoms with Gasteiger partial charge in [0, 0.05) is 23.2 Å². The van der Waals surface area contributed by atoms with Crippen molar-refractivity contribution >= 4 is 40.0 Å². The number of para-hydroxylation sites is 1. The molecule has 6 nitrogen and oxygen atoms in total. The summed E-state index contributed by atoms with van der Waals surface area (Å²) < 4.78 is 15.6.